The molecule has 5 nitrogen and oxygen atoms in total. The van der Waals surface area contributed by atoms with Crippen LogP contribution in [0.5, 0.6) is 0 Å². The summed E-state index contributed by atoms with van der Waals surface area (Å²) in [4.78, 5) is 8.17. The van der Waals surface area contributed by atoms with E-state index >= 15 is 0 Å². The molecule has 7 heteroatoms. The number of nitriles is 1. The number of alkyl halides is 2. The topological polar surface area (TPSA) is 73.6 Å². The third kappa shape index (κ3) is 3.28. The molecule has 0 unspecified atom stereocenters. The lowest BCUT2D eigenvalue weighted by Crippen LogP contribution is -2.32. The SMILES string of the molecule is CNc1nc(NC2CCC(F)(F)CC2)ncc1C#N. The molecule has 0 saturated heterocycles. The highest BCUT2D eigenvalue weighted by Crippen LogP contribution is 2.33. The van der Waals surface area contributed by atoms with E-state index in [0.29, 0.717) is 30.2 Å². The van der Waals surface area contributed by atoms with Crippen LogP contribution in [0.2, 0.25) is 0 Å². The van der Waals surface area contributed by atoms with Crippen molar-refractivity contribution in [1.82, 2.24) is 9.97 Å². The summed E-state index contributed by atoms with van der Waals surface area (Å²) in [6, 6.07) is 1.93. The molecule has 19 heavy (non-hydrogen) atoms. The molecule has 102 valence electrons. The van der Waals surface area contributed by atoms with Gasteiger partial charge in [-0.3, -0.25) is 0 Å². The van der Waals surface area contributed by atoms with Crippen LogP contribution < -0.4 is 10.6 Å². The van der Waals surface area contributed by atoms with Crippen LogP contribution in [-0.4, -0.2) is 29.0 Å². The molecular weight excluding hydrogens is 252 g/mol. The van der Waals surface area contributed by atoms with Crippen molar-refractivity contribution in [2.24, 2.45) is 0 Å². The van der Waals surface area contributed by atoms with Gasteiger partial charge >= 0.3 is 0 Å². The van der Waals surface area contributed by atoms with Crippen LogP contribution in [-0.2, 0) is 0 Å². The summed E-state index contributed by atoms with van der Waals surface area (Å²) < 4.78 is 26.1. The number of anilines is 2. The van der Waals surface area contributed by atoms with E-state index in [1.165, 1.54) is 6.20 Å². The van der Waals surface area contributed by atoms with Crippen molar-refractivity contribution in [3.05, 3.63) is 11.8 Å². The number of rotatable bonds is 3. The minimum Gasteiger partial charge on any atom is -0.372 e. The van der Waals surface area contributed by atoms with Crippen LogP contribution in [0, 0.1) is 11.3 Å². The third-order valence-electron chi connectivity index (χ3n) is 3.20. The van der Waals surface area contributed by atoms with Gasteiger partial charge in [-0.15, -0.1) is 0 Å². The van der Waals surface area contributed by atoms with Crippen LogP contribution in [0.25, 0.3) is 0 Å². The summed E-state index contributed by atoms with van der Waals surface area (Å²) in [5, 5.41) is 14.7. The fourth-order valence-electron chi connectivity index (χ4n) is 2.09. The highest BCUT2D eigenvalue weighted by molar-refractivity contribution is 5.52. The maximum Gasteiger partial charge on any atom is 0.248 e. The van der Waals surface area contributed by atoms with Gasteiger partial charge in [0.2, 0.25) is 11.9 Å². The average Bonchev–Trinajstić information content (AvgIpc) is 2.41. The molecule has 1 aliphatic carbocycles. The fourth-order valence-corrected chi connectivity index (χ4v) is 2.09. The van der Waals surface area contributed by atoms with Crippen molar-refractivity contribution in [3.8, 4) is 6.07 Å². The van der Waals surface area contributed by atoms with Crippen LogP contribution >= 0.6 is 0 Å². The van der Waals surface area contributed by atoms with Gasteiger partial charge in [0.1, 0.15) is 17.5 Å². The Hall–Kier alpha value is -1.97. The Labute approximate surface area is 110 Å². The highest BCUT2D eigenvalue weighted by Gasteiger charge is 2.35. The number of nitrogens with zero attached hydrogens (tertiary/aromatic N) is 3. The van der Waals surface area contributed by atoms with E-state index < -0.39 is 5.92 Å². The van der Waals surface area contributed by atoms with Crippen LogP contribution in [0.15, 0.2) is 6.20 Å². The van der Waals surface area contributed by atoms with Crippen molar-refractivity contribution < 1.29 is 8.78 Å². The second-order valence-electron chi connectivity index (χ2n) is 4.59. The summed E-state index contributed by atoms with van der Waals surface area (Å²) in [5.41, 5.74) is 0.350. The quantitative estimate of drug-likeness (QED) is 0.879. The lowest BCUT2D eigenvalue weighted by atomic mass is 9.92. The monoisotopic (exact) mass is 267 g/mol. The Bertz CT molecular complexity index is 487. The largest absolute Gasteiger partial charge is 0.372 e. The second kappa shape index (κ2) is 5.34. The molecule has 0 bridgehead atoms. The Kier molecular flexibility index (Phi) is 3.79. The van der Waals surface area contributed by atoms with E-state index in [0.717, 1.165) is 0 Å². The first kappa shape index (κ1) is 13.5. The zero-order valence-corrected chi connectivity index (χ0v) is 10.6. The van der Waals surface area contributed by atoms with Crippen molar-refractivity contribution in [2.75, 3.05) is 17.7 Å². The lowest BCUT2D eigenvalue weighted by molar-refractivity contribution is -0.0361. The smallest absolute Gasteiger partial charge is 0.248 e. The number of hydrogen-bond donors (Lipinski definition) is 2. The molecule has 0 spiro atoms. The normalized spacial score (nSPS) is 18.6. The van der Waals surface area contributed by atoms with Gasteiger partial charge in [-0.25, -0.2) is 13.8 Å². The number of hydrogen-bond acceptors (Lipinski definition) is 5. The van der Waals surface area contributed by atoms with Gasteiger partial charge in [0.15, 0.2) is 0 Å². The van der Waals surface area contributed by atoms with Crippen LogP contribution in [0.1, 0.15) is 31.2 Å². The summed E-state index contributed by atoms with van der Waals surface area (Å²) in [5.74, 6) is -1.75. The molecule has 0 aliphatic heterocycles. The summed E-state index contributed by atoms with van der Waals surface area (Å²) in [7, 11) is 1.66. The predicted molar refractivity (Wildman–Crippen MR) is 67.1 cm³/mol. The molecule has 0 aromatic carbocycles. The predicted octanol–water partition coefficient (Wildman–Crippen LogP) is 2.38. The maximum atomic E-state index is 13.0. The molecule has 0 amide bonds. The van der Waals surface area contributed by atoms with E-state index in [-0.39, 0.29) is 18.9 Å². The van der Waals surface area contributed by atoms with E-state index in [2.05, 4.69) is 20.6 Å². The molecule has 1 aromatic rings. The molecule has 2 N–H and O–H groups in total. The standard InChI is InChI=1S/C12H15F2N5/c1-16-10-8(6-15)7-17-11(19-10)18-9-2-4-12(13,14)5-3-9/h7,9H,2-5H2,1H3,(H2,16,17,18,19). The first-order valence-electron chi connectivity index (χ1n) is 6.13. The van der Waals surface area contributed by atoms with Crippen molar-refractivity contribution in [2.45, 2.75) is 37.6 Å². The number of nitrogens with one attached hydrogen (secondary N) is 2. The van der Waals surface area contributed by atoms with Crippen LogP contribution in [0.3, 0.4) is 0 Å². The van der Waals surface area contributed by atoms with E-state index in [9.17, 15) is 8.78 Å². The molecule has 1 heterocycles. The third-order valence-corrected chi connectivity index (χ3v) is 3.20. The minimum absolute atomic E-state index is 0.0442. The van der Waals surface area contributed by atoms with Gasteiger partial charge in [0.25, 0.3) is 0 Å². The second-order valence-corrected chi connectivity index (χ2v) is 4.59. The molecule has 2 rings (SSSR count). The Balaban J connectivity index is 2.02. The fraction of sp³-hybridized carbons (Fsp3) is 0.583. The van der Waals surface area contributed by atoms with Gasteiger partial charge in [-0.1, -0.05) is 0 Å². The first-order valence-corrected chi connectivity index (χ1v) is 6.13. The molecule has 1 saturated carbocycles. The van der Waals surface area contributed by atoms with Gasteiger partial charge in [-0.05, 0) is 12.8 Å². The Morgan fingerprint density at radius 2 is 2.11 bits per heavy atom. The average molecular weight is 267 g/mol. The Morgan fingerprint density at radius 3 is 2.68 bits per heavy atom. The van der Waals surface area contributed by atoms with Crippen LogP contribution in [0.4, 0.5) is 20.5 Å². The summed E-state index contributed by atoms with van der Waals surface area (Å²) in [6.07, 6.45) is 1.98. The molecule has 1 fully saturated rings. The van der Waals surface area contributed by atoms with E-state index in [4.69, 9.17) is 5.26 Å². The zero-order chi connectivity index (χ0) is 13.9. The molecular formula is C12H15F2N5. The van der Waals surface area contributed by atoms with E-state index in [1.807, 2.05) is 6.07 Å². The van der Waals surface area contributed by atoms with Gasteiger partial charge in [0, 0.05) is 25.9 Å². The molecule has 1 aliphatic rings. The van der Waals surface area contributed by atoms with Crippen molar-refractivity contribution in [3.63, 3.8) is 0 Å². The summed E-state index contributed by atoms with van der Waals surface area (Å²) >= 11 is 0. The zero-order valence-electron chi connectivity index (χ0n) is 10.6. The number of halogens is 2. The highest BCUT2D eigenvalue weighted by atomic mass is 19.3. The van der Waals surface area contributed by atoms with E-state index in [1.54, 1.807) is 7.05 Å². The van der Waals surface area contributed by atoms with Crippen molar-refractivity contribution >= 4 is 11.8 Å². The molecule has 1 aromatic heterocycles. The molecule has 0 radical (unpaired) electrons. The lowest BCUT2D eigenvalue weighted by Gasteiger charge is -2.28. The minimum atomic E-state index is -2.54. The van der Waals surface area contributed by atoms with Gasteiger partial charge in [-0.2, -0.15) is 10.2 Å². The summed E-state index contributed by atoms with van der Waals surface area (Å²) in [6.45, 7) is 0. The first-order chi connectivity index (χ1) is 9.04. The maximum absolute atomic E-state index is 13.0. The Morgan fingerprint density at radius 1 is 1.42 bits per heavy atom. The molecule has 0 atom stereocenters. The van der Waals surface area contributed by atoms with Gasteiger partial charge < -0.3 is 10.6 Å². The van der Waals surface area contributed by atoms with Gasteiger partial charge in [0.05, 0.1) is 6.20 Å². The number of aromatic nitrogens is 2. The van der Waals surface area contributed by atoms with Crippen molar-refractivity contribution in [1.29, 1.82) is 5.26 Å².